The third kappa shape index (κ3) is 1.68. The predicted octanol–water partition coefficient (Wildman–Crippen LogP) is 2.81. The Hall–Kier alpha value is -1.55. The van der Waals surface area contributed by atoms with Crippen LogP contribution in [0, 0.1) is 5.92 Å². The summed E-state index contributed by atoms with van der Waals surface area (Å²) in [6, 6.07) is 8.11. The normalized spacial score (nSPS) is 22.8. The topological polar surface area (TPSA) is 44.1 Å². The van der Waals surface area contributed by atoms with E-state index in [-0.39, 0.29) is 17.9 Å². The summed E-state index contributed by atoms with van der Waals surface area (Å²) in [4.78, 5) is 11.4. The maximum Gasteiger partial charge on any atom is 0.308 e. The summed E-state index contributed by atoms with van der Waals surface area (Å²) in [6.45, 7) is 0. The van der Waals surface area contributed by atoms with E-state index in [0.717, 1.165) is 23.7 Å². The number of hydrogen-bond acceptors (Lipinski definition) is 3. The Morgan fingerprint density at radius 1 is 1.44 bits per heavy atom. The standard InChI is InChI=1S/C13H13ClN2O2/c1-18-13(17)8-6-9(7-8)16-11-5-3-2-4-10(11)12(14)15-16/h2-5,8-9H,6-7H2,1H3. The van der Waals surface area contributed by atoms with Gasteiger partial charge in [0.15, 0.2) is 5.15 Å². The molecule has 94 valence electrons. The molecule has 3 rings (SSSR count). The number of carbonyl (C=O) groups excluding carboxylic acids is 1. The van der Waals surface area contributed by atoms with Crippen LogP contribution >= 0.6 is 11.6 Å². The average molecular weight is 265 g/mol. The summed E-state index contributed by atoms with van der Waals surface area (Å²) in [7, 11) is 1.43. The number of rotatable bonds is 2. The molecule has 2 aromatic rings. The molecule has 0 bridgehead atoms. The fraction of sp³-hybridized carbons (Fsp3) is 0.385. The Labute approximate surface area is 109 Å². The number of aromatic nitrogens is 2. The molecule has 1 saturated carbocycles. The molecular formula is C13H13ClN2O2. The average Bonchev–Trinajstić information content (AvgIpc) is 2.66. The second-order valence-electron chi connectivity index (χ2n) is 4.60. The van der Waals surface area contributed by atoms with Crippen molar-refractivity contribution < 1.29 is 9.53 Å². The summed E-state index contributed by atoms with van der Waals surface area (Å²) in [5.41, 5.74) is 1.02. The van der Waals surface area contributed by atoms with Gasteiger partial charge in [0.05, 0.1) is 24.6 Å². The zero-order valence-corrected chi connectivity index (χ0v) is 10.7. The molecule has 0 saturated heterocycles. The van der Waals surface area contributed by atoms with Crippen molar-refractivity contribution in [3.63, 3.8) is 0 Å². The zero-order valence-electron chi connectivity index (χ0n) is 9.97. The summed E-state index contributed by atoms with van der Waals surface area (Å²) in [5, 5.41) is 5.84. The van der Waals surface area contributed by atoms with Crippen molar-refractivity contribution in [1.29, 1.82) is 0 Å². The van der Waals surface area contributed by atoms with E-state index in [4.69, 9.17) is 16.3 Å². The molecule has 0 unspecified atom stereocenters. The van der Waals surface area contributed by atoms with E-state index in [2.05, 4.69) is 5.10 Å². The van der Waals surface area contributed by atoms with Crippen LogP contribution in [0.15, 0.2) is 24.3 Å². The van der Waals surface area contributed by atoms with Crippen LogP contribution in [0.5, 0.6) is 0 Å². The predicted molar refractivity (Wildman–Crippen MR) is 68.5 cm³/mol. The second-order valence-corrected chi connectivity index (χ2v) is 4.96. The largest absolute Gasteiger partial charge is 0.469 e. The highest BCUT2D eigenvalue weighted by atomic mass is 35.5. The van der Waals surface area contributed by atoms with Crippen molar-refractivity contribution in [2.45, 2.75) is 18.9 Å². The van der Waals surface area contributed by atoms with Crippen LogP contribution in [-0.4, -0.2) is 22.9 Å². The maximum atomic E-state index is 11.4. The molecule has 1 aliphatic rings. The minimum absolute atomic E-state index is 0.00161. The number of ether oxygens (including phenoxy) is 1. The molecule has 1 aromatic carbocycles. The summed E-state index contributed by atoms with van der Waals surface area (Å²) in [6.07, 6.45) is 1.54. The molecule has 5 heteroatoms. The molecule has 18 heavy (non-hydrogen) atoms. The van der Waals surface area contributed by atoms with E-state index in [9.17, 15) is 4.79 Å². The van der Waals surface area contributed by atoms with Gasteiger partial charge in [-0.15, -0.1) is 0 Å². The van der Waals surface area contributed by atoms with E-state index in [1.165, 1.54) is 7.11 Å². The van der Waals surface area contributed by atoms with Gasteiger partial charge in [0.25, 0.3) is 0 Å². The first-order chi connectivity index (χ1) is 8.70. The Morgan fingerprint density at radius 3 is 2.89 bits per heavy atom. The van der Waals surface area contributed by atoms with E-state index in [0.29, 0.717) is 5.15 Å². The van der Waals surface area contributed by atoms with Crippen LogP contribution in [0.4, 0.5) is 0 Å². The van der Waals surface area contributed by atoms with Gasteiger partial charge < -0.3 is 4.74 Å². The molecular weight excluding hydrogens is 252 g/mol. The number of esters is 1. The third-order valence-electron chi connectivity index (χ3n) is 3.56. The van der Waals surface area contributed by atoms with Crippen LogP contribution in [0.25, 0.3) is 10.9 Å². The molecule has 0 radical (unpaired) electrons. The Morgan fingerprint density at radius 2 is 2.17 bits per heavy atom. The quantitative estimate of drug-likeness (QED) is 0.784. The Kier molecular flexibility index (Phi) is 2.74. The number of benzene rings is 1. The van der Waals surface area contributed by atoms with Crippen LogP contribution in [0.1, 0.15) is 18.9 Å². The van der Waals surface area contributed by atoms with Gasteiger partial charge in [0.1, 0.15) is 0 Å². The van der Waals surface area contributed by atoms with Crippen LogP contribution in [0.2, 0.25) is 5.15 Å². The lowest BCUT2D eigenvalue weighted by molar-refractivity contribution is -0.149. The van der Waals surface area contributed by atoms with Crippen molar-refractivity contribution in [1.82, 2.24) is 9.78 Å². The van der Waals surface area contributed by atoms with Crippen molar-refractivity contribution in [2.24, 2.45) is 5.92 Å². The molecule has 0 N–H and O–H groups in total. The molecule has 0 spiro atoms. The third-order valence-corrected chi connectivity index (χ3v) is 3.84. The Balaban J connectivity index is 1.87. The van der Waals surface area contributed by atoms with E-state index in [1.807, 2.05) is 28.9 Å². The molecule has 4 nitrogen and oxygen atoms in total. The van der Waals surface area contributed by atoms with Gasteiger partial charge in [0, 0.05) is 5.39 Å². The Bertz CT molecular complexity index is 602. The monoisotopic (exact) mass is 264 g/mol. The van der Waals surface area contributed by atoms with E-state index >= 15 is 0 Å². The van der Waals surface area contributed by atoms with E-state index < -0.39 is 0 Å². The van der Waals surface area contributed by atoms with Crippen LogP contribution < -0.4 is 0 Å². The number of nitrogens with zero attached hydrogens (tertiary/aromatic N) is 2. The molecule has 1 fully saturated rings. The lowest BCUT2D eigenvalue weighted by Gasteiger charge is -2.33. The minimum atomic E-state index is -0.131. The number of para-hydroxylation sites is 1. The molecule has 0 aliphatic heterocycles. The summed E-state index contributed by atoms with van der Waals surface area (Å²) < 4.78 is 6.66. The highest BCUT2D eigenvalue weighted by molar-refractivity contribution is 6.34. The first kappa shape index (κ1) is 11.5. The zero-order chi connectivity index (χ0) is 12.7. The molecule has 0 atom stereocenters. The SMILES string of the molecule is COC(=O)C1CC(n2nc(Cl)c3ccccc32)C1. The van der Waals surface area contributed by atoms with Crippen LogP contribution in [-0.2, 0) is 9.53 Å². The van der Waals surface area contributed by atoms with Crippen LogP contribution in [0.3, 0.4) is 0 Å². The molecule has 0 amide bonds. The number of methoxy groups -OCH3 is 1. The lowest BCUT2D eigenvalue weighted by atomic mass is 9.80. The number of hydrogen-bond donors (Lipinski definition) is 0. The summed E-state index contributed by atoms with van der Waals surface area (Å²) in [5.74, 6) is -0.129. The maximum absolute atomic E-state index is 11.4. The fourth-order valence-electron chi connectivity index (χ4n) is 2.48. The van der Waals surface area contributed by atoms with Gasteiger partial charge in [0.2, 0.25) is 0 Å². The molecule has 1 heterocycles. The highest BCUT2D eigenvalue weighted by Crippen LogP contribution is 2.40. The minimum Gasteiger partial charge on any atom is -0.469 e. The first-order valence-electron chi connectivity index (χ1n) is 5.91. The first-order valence-corrected chi connectivity index (χ1v) is 6.29. The van der Waals surface area contributed by atoms with Gasteiger partial charge in [-0.25, -0.2) is 0 Å². The fourth-order valence-corrected chi connectivity index (χ4v) is 2.72. The van der Waals surface area contributed by atoms with Gasteiger partial charge >= 0.3 is 5.97 Å². The highest BCUT2D eigenvalue weighted by Gasteiger charge is 2.37. The van der Waals surface area contributed by atoms with E-state index in [1.54, 1.807) is 0 Å². The van der Waals surface area contributed by atoms with Gasteiger partial charge in [-0.3, -0.25) is 9.48 Å². The van der Waals surface area contributed by atoms with Crippen molar-refractivity contribution >= 4 is 28.5 Å². The summed E-state index contributed by atoms with van der Waals surface area (Å²) >= 11 is 6.11. The lowest BCUT2D eigenvalue weighted by Crippen LogP contribution is -2.33. The smallest absolute Gasteiger partial charge is 0.308 e. The van der Waals surface area contributed by atoms with Gasteiger partial charge in [-0.2, -0.15) is 5.10 Å². The van der Waals surface area contributed by atoms with Crippen molar-refractivity contribution in [2.75, 3.05) is 7.11 Å². The molecule has 1 aromatic heterocycles. The van der Waals surface area contributed by atoms with Crippen molar-refractivity contribution in [3.05, 3.63) is 29.4 Å². The number of halogens is 1. The van der Waals surface area contributed by atoms with Gasteiger partial charge in [-0.1, -0.05) is 23.7 Å². The van der Waals surface area contributed by atoms with Gasteiger partial charge in [-0.05, 0) is 25.0 Å². The number of carbonyl (C=O) groups is 1. The number of fused-ring (bicyclic) bond motifs is 1. The second kappa shape index (κ2) is 4.28. The molecule has 1 aliphatic carbocycles. The van der Waals surface area contributed by atoms with Crippen molar-refractivity contribution in [3.8, 4) is 0 Å².